The number of amides is 1. The van der Waals surface area contributed by atoms with Gasteiger partial charge in [0, 0.05) is 25.0 Å². The number of nitrogens with zero attached hydrogens (tertiary/aromatic N) is 4. The highest BCUT2D eigenvalue weighted by molar-refractivity contribution is 7.89. The summed E-state index contributed by atoms with van der Waals surface area (Å²) >= 11 is 0. The molecule has 11 nitrogen and oxygen atoms in total. The highest BCUT2D eigenvalue weighted by Gasteiger charge is 2.37. The molecule has 0 radical (unpaired) electrons. The summed E-state index contributed by atoms with van der Waals surface area (Å²) in [5.41, 5.74) is 2.75. The molecule has 1 saturated heterocycles. The maximum absolute atomic E-state index is 13.2. The Morgan fingerprint density at radius 2 is 2.03 bits per heavy atom. The molecule has 5 rings (SSSR count). The van der Waals surface area contributed by atoms with E-state index in [2.05, 4.69) is 15.4 Å². The van der Waals surface area contributed by atoms with Gasteiger partial charge < -0.3 is 14.8 Å². The highest BCUT2D eigenvalue weighted by atomic mass is 32.2. The smallest absolute Gasteiger partial charge is 0.339 e. The Morgan fingerprint density at radius 1 is 1.27 bits per heavy atom. The number of carbonyl (C=O) groups excluding carboxylic acids is 2. The van der Waals surface area contributed by atoms with Crippen molar-refractivity contribution in [3.8, 4) is 0 Å². The lowest BCUT2D eigenvalue weighted by Crippen LogP contribution is -2.40. The maximum Gasteiger partial charge on any atom is 0.339 e. The lowest BCUT2D eigenvalue weighted by molar-refractivity contribution is -0.116. The zero-order chi connectivity index (χ0) is 23.3. The van der Waals surface area contributed by atoms with Gasteiger partial charge in [0.25, 0.3) is 0 Å². The lowest BCUT2D eigenvalue weighted by atomic mass is 9.95. The van der Waals surface area contributed by atoms with Gasteiger partial charge in [-0.15, -0.1) is 0 Å². The first-order valence-electron chi connectivity index (χ1n) is 10.3. The van der Waals surface area contributed by atoms with Gasteiger partial charge in [0.15, 0.2) is 0 Å². The zero-order valence-electron chi connectivity index (χ0n) is 17.9. The fraction of sp³-hybridized carbons (Fsp3) is 0.333. The Bertz CT molecular complexity index is 1390. The first-order valence-corrected chi connectivity index (χ1v) is 11.7. The highest BCUT2D eigenvalue weighted by Crippen LogP contribution is 2.40. The second-order valence-corrected chi connectivity index (χ2v) is 9.72. The molecule has 0 saturated carbocycles. The van der Waals surface area contributed by atoms with E-state index in [1.165, 1.54) is 40.6 Å². The van der Waals surface area contributed by atoms with E-state index in [4.69, 9.17) is 9.47 Å². The molecule has 3 aromatic rings. The Morgan fingerprint density at radius 3 is 2.76 bits per heavy atom. The molecule has 1 aromatic carbocycles. The van der Waals surface area contributed by atoms with Crippen molar-refractivity contribution in [1.82, 2.24) is 18.9 Å². The molecule has 0 bridgehead atoms. The Hall–Kier alpha value is -3.35. The third-order valence-electron chi connectivity index (χ3n) is 6.00. The van der Waals surface area contributed by atoms with E-state index in [9.17, 15) is 18.0 Å². The standard InChI is InChI=1S/C21H21N5O6S/c1-12-15(21(28)31-2)10-26-19(12)18(22-11-23-26)17-14-9-13(3-4-16(14)24-20(17)27)33(29,30)25-5-7-32-8-6-25/h3-4,9-11,17H,5-8H2,1-2H3,(H,24,27)/t17-/m0/s1. The third kappa shape index (κ3) is 3.37. The zero-order valence-corrected chi connectivity index (χ0v) is 18.8. The van der Waals surface area contributed by atoms with Crippen LogP contribution in [0.3, 0.4) is 0 Å². The Balaban J connectivity index is 1.63. The van der Waals surface area contributed by atoms with Gasteiger partial charge in [0.2, 0.25) is 15.9 Å². The number of hydrogen-bond donors (Lipinski definition) is 1. The van der Waals surface area contributed by atoms with Crippen molar-refractivity contribution in [2.24, 2.45) is 0 Å². The number of sulfonamides is 1. The van der Waals surface area contributed by atoms with E-state index < -0.39 is 21.9 Å². The number of aromatic nitrogens is 3. The predicted octanol–water partition coefficient (Wildman–Crippen LogP) is 0.929. The van der Waals surface area contributed by atoms with E-state index in [0.717, 1.165) is 0 Å². The molecule has 1 atom stereocenters. The minimum atomic E-state index is -3.75. The molecular formula is C21H21N5O6S. The first kappa shape index (κ1) is 21.5. The third-order valence-corrected chi connectivity index (χ3v) is 7.89. The van der Waals surface area contributed by atoms with Crippen LogP contribution in [0.15, 0.2) is 35.6 Å². The van der Waals surface area contributed by atoms with E-state index in [0.29, 0.717) is 46.8 Å². The number of benzene rings is 1. The quantitative estimate of drug-likeness (QED) is 0.556. The maximum atomic E-state index is 13.2. The van der Waals surface area contributed by atoms with Crippen LogP contribution in [0.4, 0.5) is 5.69 Å². The molecular weight excluding hydrogens is 450 g/mol. The average Bonchev–Trinajstić information content (AvgIpc) is 3.34. The molecule has 1 N–H and O–H groups in total. The van der Waals surface area contributed by atoms with Gasteiger partial charge in [-0.3, -0.25) is 4.79 Å². The second-order valence-electron chi connectivity index (χ2n) is 7.79. The van der Waals surface area contributed by atoms with Crippen LogP contribution in [0, 0.1) is 6.92 Å². The molecule has 33 heavy (non-hydrogen) atoms. The van der Waals surface area contributed by atoms with E-state index in [1.54, 1.807) is 13.0 Å². The number of esters is 1. The van der Waals surface area contributed by atoms with Crippen molar-refractivity contribution in [2.75, 3.05) is 38.7 Å². The summed E-state index contributed by atoms with van der Waals surface area (Å²) in [6.45, 7) is 2.93. The summed E-state index contributed by atoms with van der Waals surface area (Å²) < 4.78 is 39.3. The number of nitrogens with one attached hydrogen (secondary N) is 1. The first-order chi connectivity index (χ1) is 15.8. The van der Waals surface area contributed by atoms with Crippen LogP contribution < -0.4 is 5.32 Å². The van der Waals surface area contributed by atoms with Crippen molar-refractivity contribution in [1.29, 1.82) is 0 Å². The van der Waals surface area contributed by atoms with Crippen LogP contribution in [0.2, 0.25) is 0 Å². The molecule has 1 fully saturated rings. The number of methoxy groups -OCH3 is 1. The molecule has 2 aliphatic rings. The number of hydrogen-bond acceptors (Lipinski definition) is 8. The average molecular weight is 471 g/mol. The molecule has 4 heterocycles. The molecule has 2 aromatic heterocycles. The van der Waals surface area contributed by atoms with Gasteiger partial charge in [-0.05, 0) is 36.2 Å². The summed E-state index contributed by atoms with van der Waals surface area (Å²) in [6.07, 6.45) is 2.82. The normalized spacial score (nSPS) is 18.8. The topological polar surface area (TPSA) is 132 Å². The van der Waals surface area contributed by atoms with Crippen LogP contribution >= 0.6 is 0 Å². The summed E-state index contributed by atoms with van der Waals surface area (Å²) in [4.78, 5) is 29.6. The van der Waals surface area contributed by atoms with Gasteiger partial charge in [0.05, 0.1) is 42.0 Å². The number of carbonyl (C=O) groups is 2. The Labute approximate surface area is 189 Å². The SMILES string of the molecule is COC(=O)c1cn2ncnc([C@H]3C(=O)Nc4ccc(S(=O)(=O)N5CCOCC5)cc43)c2c1C. The molecule has 0 aliphatic carbocycles. The second kappa shape index (κ2) is 7.90. The number of morpholine rings is 1. The van der Waals surface area contributed by atoms with Gasteiger partial charge in [-0.1, -0.05) is 0 Å². The van der Waals surface area contributed by atoms with Gasteiger partial charge in [0.1, 0.15) is 12.2 Å². The molecule has 172 valence electrons. The summed E-state index contributed by atoms with van der Waals surface area (Å²) in [6, 6.07) is 4.59. The fourth-order valence-electron chi connectivity index (χ4n) is 4.32. The summed E-state index contributed by atoms with van der Waals surface area (Å²) in [5, 5.41) is 6.96. The number of ether oxygens (including phenoxy) is 2. The summed E-state index contributed by atoms with van der Waals surface area (Å²) in [5.74, 6) is -1.74. The van der Waals surface area contributed by atoms with Crippen molar-refractivity contribution in [2.45, 2.75) is 17.7 Å². The van der Waals surface area contributed by atoms with E-state index in [1.807, 2.05) is 0 Å². The van der Waals surface area contributed by atoms with Crippen LogP contribution in [0.1, 0.15) is 33.1 Å². The van der Waals surface area contributed by atoms with Crippen molar-refractivity contribution < 1.29 is 27.5 Å². The van der Waals surface area contributed by atoms with E-state index >= 15 is 0 Å². The fourth-order valence-corrected chi connectivity index (χ4v) is 5.77. The minimum absolute atomic E-state index is 0.0945. The van der Waals surface area contributed by atoms with Crippen molar-refractivity contribution >= 4 is 33.1 Å². The number of anilines is 1. The van der Waals surface area contributed by atoms with Crippen LogP contribution in [-0.4, -0.2) is 72.6 Å². The molecule has 0 unspecified atom stereocenters. The summed E-state index contributed by atoms with van der Waals surface area (Å²) in [7, 11) is -2.47. The van der Waals surface area contributed by atoms with Crippen molar-refractivity contribution in [3.05, 3.63) is 53.1 Å². The van der Waals surface area contributed by atoms with Gasteiger partial charge in [-0.2, -0.15) is 9.40 Å². The largest absolute Gasteiger partial charge is 0.465 e. The van der Waals surface area contributed by atoms with Gasteiger partial charge >= 0.3 is 5.97 Å². The van der Waals surface area contributed by atoms with Crippen LogP contribution in [0.25, 0.3) is 5.52 Å². The number of rotatable bonds is 4. The lowest BCUT2D eigenvalue weighted by Gasteiger charge is -2.26. The minimum Gasteiger partial charge on any atom is -0.465 e. The molecule has 0 spiro atoms. The predicted molar refractivity (Wildman–Crippen MR) is 116 cm³/mol. The molecule has 2 aliphatic heterocycles. The van der Waals surface area contributed by atoms with Gasteiger partial charge in [-0.25, -0.2) is 22.7 Å². The Kier molecular flexibility index (Phi) is 5.15. The number of aryl methyl sites for hydroxylation is 1. The van der Waals surface area contributed by atoms with E-state index in [-0.39, 0.29) is 23.9 Å². The van der Waals surface area contributed by atoms with Crippen LogP contribution in [0.5, 0.6) is 0 Å². The molecule has 12 heteroatoms. The van der Waals surface area contributed by atoms with Crippen LogP contribution in [-0.2, 0) is 24.3 Å². The van der Waals surface area contributed by atoms with Crippen molar-refractivity contribution in [3.63, 3.8) is 0 Å². The molecule has 1 amide bonds. The number of fused-ring (bicyclic) bond motifs is 2. The monoisotopic (exact) mass is 471 g/mol.